The summed E-state index contributed by atoms with van der Waals surface area (Å²) in [4.78, 5) is 13.5. The van der Waals surface area contributed by atoms with E-state index in [4.69, 9.17) is 5.11 Å². The molecular weight excluding hydrogens is 330 g/mol. The summed E-state index contributed by atoms with van der Waals surface area (Å²) in [6.07, 6.45) is 5.88. The van der Waals surface area contributed by atoms with Gasteiger partial charge in [0.15, 0.2) is 23.1 Å². The fourth-order valence-corrected chi connectivity index (χ4v) is 2.66. The maximum absolute atomic E-state index is 9.11. The van der Waals surface area contributed by atoms with Gasteiger partial charge in [0.1, 0.15) is 5.69 Å². The Labute approximate surface area is 150 Å². The molecule has 4 rings (SSSR count). The Hall–Kier alpha value is -3.13. The van der Waals surface area contributed by atoms with Gasteiger partial charge in [-0.15, -0.1) is 5.10 Å². The van der Waals surface area contributed by atoms with E-state index < -0.39 is 0 Å². The molecule has 26 heavy (non-hydrogen) atoms. The van der Waals surface area contributed by atoms with Crippen LogP contribution in [0.4, 0.5) is 0 Å². The average molecular weight is 349 g/mol. The second kappa shape index (κ2) is 6.64. The highest BCUT2D eigenvalue weighted by molar-refractivity contribution is 5.59. The van der Waals surface area contributed by atoms with Crippen molar-refractivity contribution in [2.24, 2.45) is 0 Å². The van der Waals surface area contributed by atoms with E-state index in [9.17, 15) is 0 Å². The minimum atomic E-state index is 0.0765. The van der Waals surface area contributed by atoms with Crippen LogP contribution < -0.4 is 0 Å². The molecule has 0 aliphatic rings. The lowest BCUT2D eigenvalue weighted by Crippen LogP contribution is -2.02. The van der Waals surface area contributed by atoms with Crippen LogP contribution in [0.15, 0.2) is 42.9 Å². The molecule has 0 fully saturated rings. The fraction of sp³-hybridized carbons (Fsp3) is 0.278. The number of hydrogen-bond acceptors (Lipinski definition) is 6. The molecule has 0 bridgehead atoms. The van der Waals surface area contributed by atoms with Crippen LogP contribution in [0.5, 0.6) is 0 Å². The minimum Gasteiger partial charge on any atom is -0.396 e. The van der Waals surface area contributed by atoms with Crippen LogP contribution in [-0.4, -0.2) is 46.1 Å². The van der Waals surface area contributed by atoms with Crippen molar-refractivity contribution in [2.45, 2.75) is 26.2 Å². The Morgan fingerprint density at radius 1 is 1.15 bits per heavy atom. The van der Waals surface area contributed by atoms with Crippen LogP contribution >= 0.6 is 0 Å². The molecule has 8 heteroatoms. The van der Waals surface area contributed by atoms with E-state index in [1.807, 2.05) is 44.3 Å². The summed E-state index contributed by atoms with van der Waals surface area (Å²) < 4.78 is 3.42. The minimum absolute atomic E-state index is 0.0765. The lowest BCUT2D eigenvalue weighted by molar-refractivity contribution is 0.299. The fourth-order valence-electron chi connectivity index (χ4n) is 2.66. The Morgan fingerprint density at radius 3 is 2.77 bits per heavy atom. The SMILES string of the molecule is CC(C)c1nc(-c2cc3ncc(CCO)cn3n2)n(-c2ccccn2)n1. The average Bonchev–Trinajstić information content (AvgIpc) is 3.26. The van der Waals surface area contributed by atoms with Crippen molar-refractivity contribution in [1.82, 2.24) is 34.3 Å². The molecule has 0 saturated carbocycles. The van der Waals surface area contributed by atoms with Gasteiger partial charge in [-0.1, -0.05) is 19.9 Å². The van der Waals surface area contributed by atoms with Gasteiger partial charge >= 0.3 is 0 Å². The molecule has 0 aromatic carbocycles. The highest BCUT2D eigenvalue weighted by Crippen LogP contribution is 2.22. The van der Waals surface area contributed by atoms with E-state index in [-0.39, 0.29) is 12.5 Å². The van der Waals surface area contributed by atoms with Crippen molar-refractivity contribution < 1.29 is 5.11 Å². The van der Waals surface area contributed by atoms with E-state index in [1.165, 1.54) is 0 Å². The van der Waals surface area contributed by atoms with Gasteiger partial charge in [0.2, 0.25) is 0 Å². The molecule has 4 heterocycles. The molecule has 8 nitrogen and oxygen atoms in total. The number of fused-ring (bicyclic) bond motifs is 1. The van der Waals surface area contributed by atoms with E-state index in [0.29, 0.717) is 29.4 Å². The third-order valence-corrected chi connectivity index (χ3v) is 4.00. The summed E-state index contributed by atoms with van der Waals surface area (Å²) in [6.45, 7) is 4.18. The van der Waals surface area contributed by atoms with Crippen molar-refractivity contribution in [1.29, 1.82) is 0 Å². The number of aromatic nitrogens is 7. The quantitative estimate of drug-likeness (QED) is 0.592. The number of aliphatic hydroxyl groups excluding tert-OH is 1. The first-order chi connectivity index (χ1) is 12.7. The van der Waals surface area contributed by atoms with Gasteiger partial charge in [0.25, 0.3) is 0 Å². The molecule has 0 saturated heterocycles. The molecule has 0 spiro atoms. The van der Waals surface area contributed by atoms with Gasteiger partial charge in [0.05, 0.1) is 0 Å². The summed E-state index contributed by atoms with van der Waals surface area (Å²) >= 11 is 0. The van der Waals surface area contributed by atoms with Crippen LogP contribution in [0, 0.1) is 0 Å². The third kappa shape index (κ3) is 2.95. The first-order valence-corrected chi connectivity index (χ1v) is 8.49. The molecule has 132 valence electrons. The van der Waals surface area contributed by atoms with Gasteiger partial charge in [-0.2, -0.15) is 9.78 Å². The molecule has 1 N–H and O–H groups in total. The summed E-state index contributed by atoms with van der Waals surface area (Å²) in [6, 6.07) is 7.53. The molecular formula is C18H19N7O. The predicted octanol–water partition coefficient (Wildman–Crippen LogP) is 2.03. The zero-order chi connectivity index (χ0) is 18.1. The number of hydrogen-bond donors (Lipinski definition) is 1. The summed E-state index contributed by atoms with van der Waals surface area (Å²) in [5.41, 5.74) is 2.30. The van der Waals surface area contributed by atoms with Gasteiger partial charge in [-0.3, -0.25) is 0 Å². The van der Waals surface area contributed by atoms with Crippen molar-refractivity contribution in [3.63, 3.8) is 0 Å². The molecule has 4 aromatic heterocycles. The summed E-state index contributed by atoms with van der Waals surface area (Å²) in [5.74, 6) is 2.23. The molecule has 0 atom stereocenters. The zero-order valence-electron chi connectivity index (χ0n) is 14.6. The summed E-state index contributed by atoms with van der Waals surface area (Å²) in [5, 5.41) is 18.3. The molecule has 0 radical (unpaired) electrons. The smallest absolute Gasteiger partial charge is 0.185 e. The van der Waals surface area contributed by atoms with Crippen molar-refractivity contribution in [2.75, 3.05) is 6.61 Å². The van der Waals surface area contributed by atoms with Crippen LogP contribution in [0.3, 0.4) is 0 Å². The molecule has 0 aliphatic heterocycles. The Kier molecular flexibility index (Phi) is 4.18. The van der Waals surface area contributed by atoms with Crippen LogP contribution in [0.25, 0.3) is 23.0 Å². The second-order valence-electron chi connectivity index (χ2n) is 6.32. The van der Waals surface area contributed by atoms with Gasteiger partial charge in [0, 0.05) is 37.2 Å². The van der Waals surface area contributed by atoms with Crippen molar-refractivity contribution >= 4 is 5.65 Å². The molecule has 0 unspecified atom stereocenters. The second-order valence-corrected chi connectivity index (χ2v) is 6.32. The van der Waals surface area contributed by atoms with E-state index in [0.717, 1.165) is 11.4 Å². The van der Waals surface area contributed by atoms with E-state index in [1.54, 1.807) is 21.6 Å². The van der Waals surface area contributed by atoms with Crippen molar-refractivity contribution in [3.05, 3.63) is 54.2 Å². The van der Waals surface area contributed by atoms with Gasteiger partial charge in [-0.25, -0.2) is 19.5 Å². The standard InChI is InChI=1S/C18H19N7O/c1-12(2)17-21-18(25(23-17)15-5-3-4-7-19-15)14-9-16-20-10-13(6-8-26)11-24(16)22-14/h3-5,7,9-12,26H,6,8H2,1-2H3. The monoisotopic (exact) mass is 349 g/mol. The van der Waals surface area contributed by atoms with Crippen LogP contribution in [0.1, 0.15) is 31.2 Å². The molecule has 0 amide bonds. The topological polar surface area (TPSA) is 94.0 Å². The number of rotatable bonds is 5. The van der Waals surface area contributed by atoms with Gasteiger partial charge in [-0.05, 0) is 24.1 Å². The lowest BCUT2D eigenvalue weighted by Gasteiger charge is -2.02. The normalized spacial score (nSPS) is 11.5. The highest BCUT2D eigenvalue weighted by Gasteiger charge is 2.19. The number of pyridine rings is 1. The Bertz CT molecular complexity index is 1040. The Morgan fingerprint density at radius 2 is 2.04 bits per heavy atom. The van der Waals surface area contributed by atoms with Gasteiger partial charge < -0.3 is 5.11 Å². The maximum Gasteiger partial charge on any atom is 0.185 e. The largest absolute Gasteiger partial charge is 0.396 e. The first kappa shape index (κ1) is 16.3. The zero-order valence-corrected chi connectivity index (χ0v) is 14.6. The van der Waals surface area contributed by atoms with E-state index >= 15 is 0 Å². The highest BCUT2D eigenvalue weighted by atomic mass is 16.2. The first-order valence-electron chi connectivity index (χ1n) is 8.49. The number of nitrogens with zero attached hydrogens (tertiary/aromatic N) is 7. The molecule has 0 aliphatic carbocycles. The third-order valence-electron chi connectivity index (χ3n) is 4.00. The molecule has 4 aromatic rings. The van der Waals surface area contributed by atoms with Crippen molar-refractivity contribution in [3.8, 4) is 17.3 Å². The van der Waals surface area contributed by atoms with Crippen LogP contribution in [-0.2, 0) is 6.42 Å². The van der Waals surface area contributed by atoms with E-state index in [2.05, 4.69) is 25.1 Å². The Balaban J connectivity index is 1.85. The predicted molar refractivity (Wildman–Crippen MR) is 96.0 cm³/mol. The number of aliphatic hydroxyl groups is 1. The van der Waals surface area contributed by atoms with Crippen LogP contribution in [0.2, 0.25) is 0 Å². The summed E-state index contributed by atoms with van der Waals surface area (Å²) in [7, 11) is 0. The lowest BCUT2D eigenvalue weighted by atomic mass is 10.2. The maximum atomic E-state index is 9.11.